The standard InChI is InChI=1S/C15H13ClN2O/c1-10-8-13(16)12(9-17-10)15(19)18-7-6-11-4-2-3-5-14(11)18/h2-5,8-9H,6-7H2,1H3. The number of fused-ring (bicyclic) bond motifs is 1. The first-order chi connectivity index (χ1) is 9.16. The van der Waals surface area contributed by atoms with Crippen LogP contribution in [0.4, 0.5) is 5.69 Å². The number of carbonyl (C=O) groups is 1. The SMILES string of the molecule is Cc1cc(Cl)c(C(=O)N2CCc3ccccc32)cn1. The lowest BCUT2D eigenvalue weighted by Crippen LogP contribution is -2.29. The molecular formula is C15H13ClN2O. The van der Waals surface area contributed by atoms with Gasteiger partial charge in [0.1, 0.15) is 0 Å². The fourth-order valence-corrected chi connectivity index (χ4v) is 2.67. The van der Waals surface area contributed by atoms with Crippen molar-refractivity contribution in [2.24, 2.45) is 0 Å². The third-order valence-corrected chi connectivity index (χ3v) is 3.67. The smallest absolute Gasteiger partial charge is 0.261 e. The van der Waals surface area contributed by atoms with Gasteiger partial charge in [0, 0.05) is 24.1 Å². The summed E-state index contributed by atoms with van der Waals surface area (Å²) < 4.78 is 0. The van der Waals surface area contributed by atoms with Crippen molar-refractivity contribution in [1.29, 1.82) is 0 Å². The number of hydrogen-bond donors (Lipinski definition) is 0. The van der Waals surface area contributed by atoms with Crippen LogP contribution in [0, 0.1) is 6.92 Å². The first-order valence-corrected chi connectivity index (χ1v) is 6.56. The molecule has 3 rings (SSSR count). The molecule has 4 heteroatoms. The lowest BCUT2D eigenvalue weighted by atomic mass is 10.2. The second-order valence-corrected chi connectivity index (χ2v) is 5.05. The molecular weight excluding hydrogens is 260 g/mol. The van der Waals surface area contributed by atoms with Crippen molar-refractivity contribution < 1.29 is 4.79 Å². The predicted molar refractivity (Wildman–Crippen MR) is 75.8 cm³/mol. The topological polar surface area (TPSA) is 33.2 Å². The van der Waals surface area contributed by atoms with E-state index in [-0.39, 0.29) is 5.91 Å². The van der Waals surface area contributed by atoms with E-state index in [0.717, 1.165) is 17.8 Å². The zero-order valence-corrected chi connectivity index (χ0v) is 11.3. The van der Waals surface area contributed by atoms with E-state index in [0.29, 0.717) is 17.1 Å². The Morgan fingerprint density at radius 2 is 2.16 bits per heavy atom. The fraction of sp³-hybridized carbons (Fsp3) is 0.200. The summed E-state index contributed by atoms with van der Waals surface area (Å²) in [5.41, 5.74) is 3.45. The molecule has 2 aromatic rings. The molecule has 19 heavy (non-hydrogen) atoms. The van der Waals surface area contributed by atoms with Gasteiger partial charge in [0.2, 0.25) is 0 Å². The number of benzene rings is 1. The molecule has 0 aliphatic carbocycles. The number of amides is 1. The average molecular weight is 273 g/mol. The average Bonchev–Trinajstić information content (AvgIpc) is 2.82. The van der Waals surface area contributed by atoms with Crippen LogP contribution in [0.1, 0.15) is 21.6 Å². The molecule has 1 aliphatic heterocycles. The van der Waals surface area contributed by atoms with Crippen molar-refractivity contribution in [3.05, 3.63) is 58.4 Å². The van der Waals surface area contributed by atoms with Gasteiger partial charge in [-0.15, -0.1) is 0 Å². The van der Waals surface area contributed by atoms with Gasteiger partial charge in [0.05, 0.1) is 10.6 Å². The van der Waals surface area contributed by atoms with Crippen molar-refractivity contribution in [2.75, 3.05) is 11.4 Å². The highest BCUT2D eigenvalue weighted by molar-refractivity contribution is 6.34. The number of pyridine rings is 1. The minimum absolute atomic E-state index is 0.0811. The number of rotatable bonds is 1. The first kappa shape index (κ1) is 12.2. The molecule has 96 valence electrons. The van der Waals surface area contributed by atoms with Gasteiger partial charge >= 0.3 is 0 Å². The van der Waals surface area contributed by atoms with Crippen LogP contribution in [0.2, 0.25) is 5.02 Å². The van der Waals surface area contributed by atoms with Gasteiger partial charge in [0.25, 0.3) is 5.91 Å². The Morgan fingerprint density at radius 1 is 1.37 bits per heavy atom. The maximum absolute atomic E-state index is 12.5. The van der Waals surface area contributed by atoms with Gasteiger partial charge in [-0.2, -0.15) is 0 Å². The van der Waals surface area contributed by atoms with Crippen molar-refractivity contribution in [1.82, 2.24) is 4.98 Å². The van der Waals surface area contributed by atoms with Crippen LogP contribution >= 0.6 is 11.6 Å². The van der Waals surface area contributed by atoms with Crippen LogP contribution < -0.4 is 4.90 Å². The van der Waals surface area contributed by atoms with Crippen molar-refractivity contribution >= 4 is 23.2 Å². The summed E-state index contributed by atoms with van der Waals surface area (Å²) in [7, 11) is 0. The molecule has 0 unspecified atom stereocenters. The molecule has 1 aromatic heterocycles. The number of aromatic nitrogens is 1. The minimum Gasteiger partial charge on any atom is -0.308 e. The Bertz CT molecular complexity index is 654. The van der Waals surface area contributed by atoms with Gasteiger partial charge in [0.15, 0.2) is 0 Å². The van der Waals surface area contributed by atoms with E-state index >= 15 is 0 Å². The Balaban J connectivity index is 1.98. The van der Waals surface area contributed by atoms with Gasteiger partial charge in [-0.3, -0.25) is 9.78 Å². The van der Waals surface area contributed by atoms with E-state index in [1.54, 1.807) is 17.2 Å². The molecule has 0 saturated heterocycles. The molecule has 1 aromatic carbocycles. The van der Waals surface area contributed by atoms with Crippen LogP contribution in [0.5, 0.6) is 0 Å². The minimum atomic E-state index is -0.0811. The molecule has 0 N–H and O–H groups in total. The summed E-state index contributed by atoms with van der Waals surface area (Å²) in [6.07, 6.45) is 2.44. The fourth-order valence-electron chi connectivity index (χ4n) is 2.38. The highest BCUT2D eigenvalue weighted by Crippen LogP contribution is 2.30. The second kappa shape index (κ2) is 4.67. The first-order valence-electron chi connectivity index (χ1n) is 6.19. The number of hydrogen-bond acceptors (Lipinski definition) is 2. The third kappa shape index (κ3) is 2.10. The van der Waals surface area contributed by atoms with Gasteiger partial charge in [-0.1, -0.05) is 29.8 Å². The van der Waals surface area contributed by atoms with Crippen LogP contribution in [-0.2, 0) is 6.42 Å². The number of para-hydroxylation sites is 1. The Labute approximate surface area is 116 Å². The molecule has 1 amide bonds. The molecule has 0 saturated carbocycles. The van der Waals surface area contributed by atoms with Gasteiger partial charge in [-0.25, -0.2) is 0 Å². The molecule has 0 spiro atoms. The summed E-state index contributed by atoms with van der Waals surface area (Å²) in [4.78, 5) is 18.5. The maximum atomic E-state index is 12.5. The Hall–Kier alpha value is -1.87. The zero-order chi connectivity index (χ0) is 13.4. The van der Waals surface area contributed by atoms with Crippen molar-refractivity contribution in [3.63, 3.8) is 0 Å². The zero-order valence-electron chi connectivity index (χ0n) is 10.6. The van der Waals surface area contributed by atoms with E-state index < -0.39 is 0 Å². The van der Waals surface area contributed by atoms with Crippen molar-refractivity contribution in [3.8, 4) is 0 Å². The lowest BCUT2D eigenvalue weighted by Gasteiger charge is -2.17. The lowest BCUT2D eigenvalue weighted by molar-refractivity contribution is 0.0989. The number of anilines is 1. The maximum Gasteiger partial charge on any atom is 0.261 e. The predicted octanol–water partition coefficient (Wildman–Crippen LogP) is 3.25. The van der Waals surface area contributed by atoms with Crippen LogP contribution in [-0.4, -0.2) is 17.4 Å². The van der Waals surface area contributed by atoms with Gasteiger partial charge in [-0.05, 0) is 31.0 Å². The van der Waals surface area contributed by atoms with E-state index in [2.05, 4.69) is 11.1 Å². The van der Waals surface area contributed by atoms with E-state index in [9.17, 15) is 4.79 Å². The van der Waals surface area contributed by atoms with E-state index in [1.165, 1.54) is 5.56 Å². The number of nitrogens with zero attached hydrogens (tertiary/aromatic N) is 2. The van der Waals surface area contributed by atoms with Gasteiger partial charge < -0.3 is 4.90 Å². The molecule has 0 atom stereocenters. The molecule has 2 heterocycles. The number of carbonyl (C=O) groups excluding carboxylic acids is 1. The van der Waals surface area contributed by atoms with Crippen molar-refractivity contribution in [2.45, 2.75) is 13.3 Å². The molecule has 1 aliphatic rings. The number of aryl methyl sites for hydroxylation is 1. The third-order valence-electron chi connectivity index (χ3n) is 3.35. The normalized spacial score (nSPS) is 13.5. The quantitative estimate of drug-likeness (QED) is 0.798. The van der Waals surface area contributed by atoms with Crippen LogP contribution in [0.25, 0.3) is 0 Å². The van der Waals surface area contributed by atoms with Crippen LogP contribution in [0.3, 0.4) is 0 Å². The van der Waals surface area contributed by atoms with Crippen LogP contribution in [0.15, 0.2) is 36.5 Å². The largest absolute Gasteiger partial charge is 0.308 e. The van der Waals surface area contributed by atoms with E-state index in [1.807, 2.05) is 25.1 Å². The summed E-state index contributed by atoms with van der Waals surface area (Å²) in [5, 5.41) is 0.460. The number of halogens is 1. The summed E-state index contributed by atoms with van der Waals surface area (Å²) in [6.45, 7) is 2.55. The second-order valence-electron chi connectivity index (χ2n) is 4.64. The van der Waals surface area contributed by atoms with E-state index in [4.69, 9.17) is 11.6 Å². The monoisotopic (exact) mass is 272 g/mol. The highest BCUT2D eigenvalue weighted by Gasteiger charge is 2.26. The molecule has 3 nitrogen and oxygen atoms in total. The molecule has 0 bridgehead atoms. The summed E-state index contributed by atoms with van der Waals surface area (Å²) in [6, 6.07) is 9.68. The molecule has 0 fully saturated rings. The summed E-state index contributed by atoms with van der Waals surface area (Å²) >= 11 is 6.14. The summed E-state index contributed by atoms with van der Waals surface area (Å²) in [5.74, 6) is -0.0811. The Kier molecular flexibility index (Phi) is 2.99. The molecule has 0 radical (unpaired) electrons. The Morgan fingerprint density at radius 3 is 2.95 bits per heavy atom. The highest BCUT2D eigenvalue weighted by atomic mass is 35.5.